The molecule has 172 valence electrons. The number of carbonyl (C=O) groups is 1. The van der Waals surface area contributed by atoms with Gasteiger partial charge in [0.15, 0.2) is 0 Å². The molecule has 2 saturated heterocycles. The standard InChI is InChI=1S/C24H26FN5O2S/c1-13-2-3-16-20(26)21(33-23(16)28-13)22(31)29-14-6-17-18(25)7-15(8-19(17)32-9-14)30-11-24(12-30)4-5-27-10-24/h2-3,7-8,14,27H,4-6,9-12,26H2,1H3,(H,29,31)/t14-/m1/s1. The number of nitrogens with two attached hydrogens (primary N) is 1. The molecule has 6 rings (SSSR count). The molecule has 0 saturated carbocycles. The van der Waals surface area contributed by atoms with Crippen LogP contribution in [-0.4, -0.2) is 49.7 Å². The first-order valence-corrected chi connectivity index (χ1v) is 12.1. The van der Waals surface area contributed by atoms with E-state index < -0.39 is 0 Å². The van der Waals surface area contributed by atoms with Crippen molar-refractivity contribution < 1.29 is 13.9 Å². The van der Waals surface area contributed by atoms with E-state index in [-0.39, 0.29) is 24.4 Å². The van der Waals surface area contributed by atoms with Gasteiger partial charge in [0.05, 0.1) is 11.7 Å². The summed E-state index contributed by atoms with van der Waals surface area (Å²) in [6, 6.07) is 6.96. The lowest BCUT2D eigenvalue weighted by molar-refractivity contribution is 0.0919. The molecule has 7 nitrogen and oxygen atoms in total. The Balaban J connectivity index is 1.16. The van der Waals surface area contributed by atoms with Crippen LogP contribution in [0.15, 0.2) is 24.3 Å². The van der Waals surface area contributed by atoms with Gasteiger partial charge in [-0.3, -0.25) is 4.79 Å². The summed E-state index contributed by atoms with van der Waals surface area (Å²) in [5.41, 5.74) is 9.23. The number of nitrogens with zero attached hydrogens (tertiary/aromatic N) is 2. The van der Waals surface area contributed by atoms with Crippen molar-refractivity contribution in [3.8, 4) is 5.75 Å². The zero-order valence-electron chi connectivity index (χ0n) is 18.4. The number of benzene rings is 1. The third-order valence-corrected chi connectivity index (χ3v) is 8.17. The van der Waals surface area contributed by atoms with Crippen LogP contribution in [0.5, 0.6) is 5.75 Å². The second kappa shape index (κ2) is 7.56. The van der Waals surface area contributed by atoms with Gasteiger partial charge in [-0.1, -0.05) is 0 Å². The van der Waals surface area contributed by atoms with Crippen molar-refractivity contribution in [2.24, 2.45) is 5.41 Å². The van der Waals surface area contributed by atoms with Crippen LogP contribution in [0.4, 0.5) is 15.8 Å². The van der Waals surface area contributed by atoms with Gasteiger partial charge in [-0.2, -0.15) is 0 Å². The zero-order chi connectivity index (χ0) is 22.7. The molecule has 1 amide bonds. The number of fused-ring (bicyclic) bond motifs is 2. The Hall–Kier alpha value is -2.91. The number of anilines is 2. The number of aryl methyl sites for hydroxylation is 1. The van der Waals surface area contributed by atoms with Crippen molar-refractivity contribution in [2.75, 3.05) is 43.4 Å². The van der Waals surface area contributed by atoms with E-state index in [9.17, 15) is 4.79 Å². The molecule has 0 bridgehead atoms. The third kappa shape index (κ3) is 3.50. The summed E-state index contributed by atoms with van der Waals surface area (Å²) in [4.78, 5) is 20.8. The van der Waals surface area contributed by atoms with Crippen LogP contribution in [0.25, 0.3) is 10.2 Å². The van der Waals surface area contributed by atoms with Crippen LogP contribution in [0.2, 0.25) is 0 Å². The molecule has 33 heavy (non-hydrogen) atoms. The van der Waals surface area contributed by atoms with E-state index in [0.29, 0.717) is 33.7 Å². The first-order chi connectivity index (χ1) is 15.9. The molecular formula is C24H26FN5O2S. The maximum atomic E-state index is 15.0. The monoisotopic (exact) mass is 467 g/mol. The lowest BCUT2D eigenvalue weighted by Gasteiger charge is -2.49. The highest BCUT2D eigenvalue weighted by molar-refractivity contribution is 7.21. The second-order valence-electron chi connectivity index (χ2n) is 9.52. The Kier molecular flexibility index (Phi) is 4.74. The molecule has 0 radical (unpaired) electrons. The minimum absolute atomic E-state index is 0.279. The number of nitrogens with one attached hydrogen (secondary N) is 2. The number of aromatic nitrogens is 1. The fraction of sp³-hybridized carbons (Fsp3) is 0.417. The fourth-order valence-electron chi connectivity index (χ4n) is 5.22. The SMILES string of the molecule is Cc1ccc2c(N)c(C(=O)N[C@H]3COc4cc(N5CC6(CCNC6)C5)cc(F)c4C3)sc2n1. The van der Waals surface area contributed by atoms with E-state index in [1.54, 1.807) is 6.07 Å². The molecule has 5 heterocycles. The summed E-state index contributed by atoms with van der Waals surface area (Å²) in [5, 5.41) is 7.17. The number of thiophene rings is 1. The Bertz CT molecular complexity index is 1260. The molecule has 3 aliphatic heterocycles. The number of carbonyl (C=O) groups excluding carboxylic acids is 1. The molecule has 0 aliphatic carbocycles. The molecule has 1 spiro atoms. The van der Waals surface area contributed by atoms with Crippen LogP contribution in [-0.2, 0) is 6.42 Å². The van der Waals surface area contributed by atoms with Gasteiger partial charge in [0.2, 0.25) is 0 Å². The van der Waals surface area contributed by atoms with E-state index in [0.717, 1.165) is 47.8 Å². The van der Waals surface area contributed by atoms with E-state index in [2.05, 4.69) is 20.5 Å². The van der Waals surface area contributed by atoms with Gasteiger partial charge in [-0.25, -0.2) is 9.37 Å². The highest BCUT2D eigenvalue weighted by Crippen LogP contribution is 2.41. The van der Waals surface area contributed by atoms with Crippen LogP contribution in [0.1, 0.15) is 27.3 Å². The number of halogens is 1. The molecule has 9 heteroatoms. The largest absolute Gasteiger partial charge is 0.491 e. The Morgan fingerprint density at radius 3 is 3.03 bits per heavy atom. The van der Waals surface area contributed by atoms with E-state index in [1.165, 1.54) is 17.8 Å². The molecule has 3 aliphatic rings. The van der Waals surface area contributed by atoms with Gasteiger partial charge in [0.1, 0.15) is 27.9 Å². The van der Waals surface area contributed by atoms with Crippen molar-refractivity contribution in [1.29, 1.82) is 0 Å². The molecule has 1 atom stereocenters. The minimum atomic E-state index is -0.332. The van der Waals surface area contributed by atoms with Crippen molar-refractivity contribution in [3.05, 3.63) is 46.2 Å². The lowest BCUT2D eigenvalue weighted by Crippen LogP contribution is -2.57. The smallest absolute Gasteiger partial charge is 0.263 e. The average Bonchev–Trinajstić information content (AvgIpc) is 3.38. The summed E-state index contributed by atoms with van der Waals surface area (Å²) in [6.07, 6.45) is 1.55. The number of nitrogen functional groups attached to an aromatic ring is 1. The predicted molar refractivity (Wildman–Crippen MR) is 128 cm³/mol. The van der Waals surface area contributed by atoms with E-state index >= 15 is 4.39 Å². The van der Waals surface area contributed by atoms with E-state index in [1.807, 2.05) is 25.1 Å². The molecular weight excluding hydrogens is 441 g/mol. The van der Waals surface area contributed by atoms with Crippen molar-refractivity contribution in [2.45, 2.75) is 25.8 Å². The van der Waals surface area contributed by atoms with Gasteiger partial charge in [0, 0.05) is 59.9 Å². The molecule has 4 N–H and O–H groups in total. The summed E-state index contributed by atoms with van der Waals surface area (Å²) < 4.78 is 20.9. The zero-order valence-corrected chi connectivity index (χ0v) is 19.2. The lowest BCUT2D eigenvalue weighted by atomic mass is 9.78. The molecule has 3 aromatic rings. The Morgan fingerprint density at radius 1 is 1.39 bits per heavy atom. The summed E-state index contributed by atoms with van der Waals surface area (Å²) in [7, 11) is 0. The topological polar surface area (TPSA) is 92.5 Å². The number of ether oxygens (including phenoxy) is 1. The number of hydrogen-bond donors (Lipinski definition) is 3. The van der Waals surface area contributed by atoms with Crippen LogP contribution in [0.3, 0.4) is 0 Å². The Labute approximate surface area is 195 Å². The number of amides is 1. The van der Waals surface area contributed by atoms with Crippen molar-refractivity contribution >= 4 is 38.8 Å². The third-order valence-electron chi connectivity index (χ3n) is 7.05. The molecule has 2 aromatic heterocycles. The molecule has 2 fully saturated rings. The van der Waals surface area contributed by atoms with Crippen LogP contribution in [0, 0.1) is 18.2 Å². The van der Waals surface area contributed by atoms with Gasteiger partial charge < -0.3 is 26.0 Å². The van der Waals surface area contributed by atoms with Crippen molar-refractivity contribution in [1.82, 2.24) is 15.6 Å². The molecule has 1 aromatic carbocycles. The van der Waals surface area contributed by atoms with Gasteiger partial charge in [0.25, 0.3) is 5.91 Å². The Morgan fingerprint density at radius 2 is 2.24 bits per heavy atom. The van der Waals surface area contributed by atoms with E-state index in [4.69, 9.17) is 10.5 Å². The number of rotatable bonds is 3. The maximum absolute atomic E-state index is 15.0. The quantitative estimate of drug-likeness (QED) is 0.549. The number of pyridine rings is 1. The average molecular weight is 468 g/mol. The first kappa shape index (κ1) is 20.7. The summed E-state index contributed by atoms with van der Waals surface area (Å²) in [6.45, 7) is 6.18. The van der Waals surface area contributed by atoms with Gasteiger partial charge >= 0.3 is 0 Å². The fourth-order valence-corrected chi connectivity index (χ4v) is 6.26. The maximum Gasteiger partial charge on any atom is 0.263 e. The van der Waals surface area contributed by atoms with Crippen LogP contribution >= 0.6 is 11.3 Å². The minimum Gasteiger partial charge on any atom is -0.491 e. The van der Waals surface area contributed by atoms with Crippen molar-refractivity contribution in [3.63, 3.8) is 0 Å². The van der Waals surface area contributed by atoms with Gasteiger partial charge in [-0.15, -0.1) is 11.3 Å². The second-order valence-corrected chi connectivity index (χ2v) is 10.5. The normalized spacial score (nSPS) is 21.0. The highest BCUT2D eigenvalue weighted by atomic mass is 32.1. The predicted octanol–water partition coefficient (Wildman–Crippen LogP) is 2.86. The highest BCUT2D eigenvalue weighted by Gasteiger charge is 2.45. The summed E-state index contributed by atoms with van der Waals surface area (Å²) in [5.74, 6) is 0.00771. The molecule has 0 unspecified atom stereocenters. The number of hydrogen-bond acceptors (Lipinski definition) is 7. The first-order valence-electron chi connectivity index (χ1n) is 11.3. The van der Waals surface area contributed by atoms with Crippen LogP contribution < -0.4 is 26.0 Å². The van der Waals surface area contributed by atoms with Gasteiger partial charge in [-0.05, 0) is 38.1 Å². The summed E-state index contributed by atoms with van der Waals surface area (Å²) >= 11 is 1.27.